The molecule has 0 bridgehead atoms. The van der Waals surface area contributed by atoms with Gasteiger partial charge in [-0.15, -0.1) is 0 Å². The van der Waals surface area contributed by atoms with Crippen LogP contribution in [0.15, 0.2) is 18.3 Å². The third kappa shape index (κ3) is 2.07. The zero-order chi connectivity index (χ0) is 10.7. The van der Waals surface area contributed by atoms with Gasteiger partial charge >= 0.3 is 0 Å². The maximum atomic E-state index is 11.5. The van der Waals surface area contributed by atoms with Crippen molar-refractivity contribution in [3.05, 3.63) is 23.9 Å². The van der Waals surface area contributed by atoms with Gasteiger partial charge in [-0.25, -0.2) is 4.98 Å². The normalized spacial score (nSPS) is 20.9. The number of nitrogens with zero attached hydrogens (tertiary/aromatic N) is 1. The second-order valence-electron chi connectivity index (χ2n) is 3.31. The van der Waals surface area contributed by atoms with E-state index in [-0.39, 0.29) is 11.9 Å². The number of ether oxygens (including phenoxy) is 1. The molecule has 0 radical (unpaired) electrons. The minimum Gasteiger partial charge on any atom is -0.481 e. The molecule has 0 aliphatic carbocycles. The predicted octanol–water partition coefficient (Wildman–Crippen LogP) is -0.149. The number of hydrogen-bond acceptors (Lipinski definition) is 4. The molecular weight excluding hydrogens is 194 g/mol. The van der Waals surface area contributed by atoms with Crippen molar-refractivity contribution in [2.75, 3.05) is 20.2 Å². The molecule has 0 saturated carbocycles. The van der Waals surface area contributed by atoms with E-state index in [4.69, 9.17) is 4.74 Å². The van der Waals surface area contributed by atoms with Gasteiger partial charge in [0.25, 0.3) is 0 Å². The molecule has 1 saturated heterocycles. The van der Waals surface area contributed by atoms with E-state index >= 15 is 0 Å². The summed E-state index contributed by atoms with van der Waals surface area (Å²) >= 11 is 0. The Hall–Kier alpha value is -1.62. The van der Waals surface area contributed by atoms with Crippen LogP contribution >= 0.6 is 0 Å². The van der Waals surface area contributed by atoms with Crippen LogP contribution in [0.5, 0.6) is 5.88 Å². The number of methoxy groups -OCH3 is 1. The first-order valence-electron chi connectivity index (χ1n) is 4.82. The number of pyridine rings is 1. The van der Waals surface area contributed by atoms with Gasteiger partial charge in [-0.05, 0) is 5.56 Å². The summed E-state index contributed by atoms with van der Waals surface area (Å²) < 4.78 is 4.95. The molecule has 1 unspecified atom stereocenters. The lowest BCUT2D eigenvalue weighted by atomic mass is 10.1. The monoisotopic (exact) mass is 207 g/mol. The Kier molecular flexibility index (Phi) is 2.82. The Morgan fingerprint density at radius 2 is 2.33 bits per heavy atom. The number of amides is 1. The van der Waals surface area contributed by atoms with Crippen LogP contribution in [0.3, 0.4) is 0 Å². The van der Waals surface area contributed by atoms with E-state index in [1.54, 1.807) is 19.4 Å². The summed E-state index contributed by atoms with van der Waals surface area (Å²) in [5.74, 6) is 0.545. The summed E-state index contributed by atoms with van der Waals surface area (Å²) in [5, 5.41) is 5.93. The Balaban J connectivity index is 2.17. The van der Waals surface area contributed by atoms with E-state index in [1.807, 2.05) is 6.07 Å². The smallest absolute Gasteiger partial charge is 0.241 e. The summed E-state index contributed by atoms with van der Waals surface area (Å²) in [6.45, 7) is 1.46. The van der Waals surface area contributed by atoms with Gasteiger partial charge in [-0.3, -0.25) is 4.79 Å². The fraction of sp³-hybridized carbons (Fsp3) is 0.400. The van der Waals surface area contributed by atoms with Crippen molar-refractivity contribution < 1.29 is 9.53 Å². The van der Waals surface area contributed by atoms with Gasteiger partial charge in [0.15, 0.2) is 0 Å². The summed E-state index contributed by atoms with van der Waals surface area (Å²) in [6, 6.07) is 3.30. The van der Waals surface area contributed by atoms with Gasteiger partial charge in [0.1, 0.15) is 6.04 Å². The lowest BCUT2D eigenvalue weighted by molar-refractivity contribution is -0.124. The van der Waals surface area contributed by atoms with Crippen molar-refractivity contribution in [1.29, 1.82) is 0 Å². The van der Waals surface area contributed by atoms with Crippen LogP contribution < -0.4 is 15.4 Å². The molecule has 1 amide bonds. The van der Waals surface area contributed by atoms with Gasteiger partial charge < -0.3 is 15.4 Å². The first kappa shape index (κ1) is 9.92. The van der Waals surface area contributed by atoms with Crippen molar-refractivity contribution in [2.24, 2.45) is 0 Å². The number of hydrogen-bond donors (Lipinski definition) is 2. The van der Waals surface area contributed by atoms with Gasteiger partial charge in [-0.1, -0.05) is 6.07 Å². The molecule has 0 spiro atoms. The molecule has 1 fully saturated rings. The SMILES string of the molecule is COc1ccc(C2NCCNC2=O)cn1. The molecule has 1 atom stereocenters. The molecule has 1 aliphatic rings. The van der Waals surface area contributed by atoms with E-state index in [0.717, 1.165) is 12.1 Å². The highest BCUT2D eigenvalue weighted by Gasteiger charge is 2.23. The molecule has 1 aromatic heterocycles. The van der Waals surface area contributed by atoms with Crippen LogP contribution in [-0.4, -0.2) is 31.1 Å². The number of piperazine rings is 1. The molecule has 1 aliphatic heterocycles. The maximum Gasteiger partial charge on any atom is 0.241 e. The van der Waals surface area contributed by atoms with Gasteiger partial charge in [0.05, 0.1) is 7.11 Å². The van der Waals surface area contributed by atoms with Crippen LogP contribution in [0.4, 0.5) is 0 Å². The second kappa shape index (κ2) is 4.27. The molecule has 15 heavy (non-hydrogen) atoms. The van der Waals surface area contributed by atoms with E-state index in [1.165, 1.54) is 0 Å². The number of rotatable bonds is 2. The van der Waals surface area contributed by atoms with Crippen molar-refractivity contribution in [2.45, 2.75) is 6.04 Å². The molecule has 2 rings (SSSR count). The van der Waals surface area contributed by atoms with Crippen molar-refractivity contribution in [3.8, 4) is 5.88 Å². The molecule has 5 heteroatoms. The predicted molar refractivity (Wildman–Crippen MR) is 54.5 cm³/mol. The Morgan fingerprint density at radius 1 is 1.47 bits per heavy atom. The van der Waals surface area contributed by atoms with Crippen molar-refractivity contribution in [3.63, 3.8) is 0 Å². The van der Waals surface area contributed by atoms with E-state index in [9.17, 15) is 4.79 Å². The molecule has 1 aromatic rings. The number of nitrogens with one attached hydrogen (secondary N) is 2. The number of carbonyl (C=O) groups excluding carboxylic acids is 1. The third-order valence-corrected chi connectivity index (χ3v) is 2.34. The summed E-state index contributed by atoms with van der Waals surface area (Å²) in [5.41, 5.74) is 0.855. The second-order valence-corrected chi connectivity index (χ2v) is 3.31. The van der Waals surface area contributed by atoms with Gasteiger partial charge in [0.2, 0.25) is 11.8 Å². The average molecular weight is 207 g/mol. The Morgan fingerprint density at radius 3 is 2.93 bits per heavy atom. The third-order valence-electron chi connectivity index (χ3n) is 2.34. The van der Waals surface area contributed by atoms with Crippen LogP contribution in [-0.2, 0) is 4.79 Å². The van der Waals surface area contributed by atoms with Crippen molar-refractivity contribution >= 4 is 5.91 Å². The lowest BCUT2D eigenvalue weighted by Crippen LogP contribution is -2.47. The molecule has 0 aromatic carbocycles. The topological polar surface area (TPSA) is 63.2 Å². The lowest BCUT2D eigenvalue weighted by Gasteiger charge is -2.23. The van der Waals surface area contributed by atoms with Crippen molar-refractivity contribution in [1.82, 2.24) is 15.6 Å². The first-order valence-corrected chi connectivity index (χ1v) is 4.82. The Labute approximate surface area is 87.8 Å². The minimum absolute atomic E-state index is 0.00628. The fourth-order valence-corrected chi connectivity index (χ4v) is 1.55. The van der Waals surface area contributed by atoms with Crippen LogP contribution in [0.25, 0.3) is 0 Å². The van der Waals surface area contributed by atoms with Gasteiger partial charge in [0, 0.05) is 25.4 Å². The minimum atomic E-state index is -0.294. The highest BCUT2D eigenvalue weighted by molar-refractivity contribution is 5.83. The standard InChI is InChI=1S/C10H13N3O2/c1-15-8-3-2-7(6-13-8)9-10(14)12-5-4-11-9/h2-3,6,9,11H,4-5H2,1H3,(H,12,14). The van der Waals surface area contributed by atoms with E-state index in [0.29, 0.717) is 12.4 Å². The van der Waals surface area contributed by atoms with Gasteiger partial charge in [-0.2, -0.15) is 0 Å². The molecule has 2 heterocycles. The average Bonchev–Trinajstić information content (AvgIpc) is 2.30. The zero-order valence-corrected chi connectivity index (χ0v) is 8.49. The largest absolute Gasteiger partial charge is 0.481 e. The van der Waals surface area contributed by atoms with Crippen LogP contribution in [0, 0.1) is 0 Å². The molecule has 2 N–H and O–H groups in total. The van der Waals surface area contributed by atoms with E-state index < -0.39 is 0 Å². The quantitative estimate of drug-likeness (QED) is 0.708. The highest BCUT2D eigenvalue weighted by Crippen LogP contribution is 2.16. The zero-order valence-electron chi connectivity index (χ0n) is 8.49. The fourth-order valence-electron chi connectivity index (χ4n) is 1.55. The summed E-state index contributed by atoms with van der Waals surface area (Å²) in [6.07, 6.45) is 1.65. The first-order chi connectivity index (χ1) is 7.31. The molecular formula is C10H13N3O2. The van der Waals surface area contributed by atoms with Crippen LogP contribution in [0.2, 0.25) is 0 Å². The van der Waals surface area contributed by atoms with Crippen LogP contribution in [0.1, 0.15) is 11.6 Å². The number of carbonyl (C=O) groups is 1. The highest BCUT2D eigenvalue weighted by atomic mass is 16.5. The number of aromatic nitrogens is 1. The van der Waals surface area contributed by atoms with E-state index in [2.05, 4.69) is 15.6 Å². The molecule has 80 valence electrons. The summed E-state index contributed by atoms with van der Waals surface area (Å²) in [4.78, 5) is 15.6. The summed E-state index contributed by atoms with van der Waals surface area (Å²) in [7, 11) is 1.56. The molecule has 5 nitrogen and oxygen atoms in total. The maximum absolute atomic E-state index is 11.5. The Bertz CT molecular complexity index is 350.